The summed E-state index contributed by atoms with van der Waals surface area (Å²) in [5.41, 5.74) is 1.72. The predicted octanol–water partition coefficient (Wildman–Crippen LogP) is 2.15. The summed E-state index contributed by atoms with van der Waals surface area (Å²) in [7, 11) is -0.412. The molecule has 0 bridgehead atoms. The molecule has 0 aliphatic carbocycles. The van der Waals surface area contributed by atoms with Crippen LogP contribution < -0.4 is 5.32 Å². The minimum atomic E-state index is -3.46. The van der Waals surface area contributed by atoms with Crippen LogP contribution in [0.5, 0.6) is 0 Å². The Labute approximate surface area is 141 Å². The van der Waals surface area contributed by atoms with Crippen LogP contribution >= 0.6 is 0 Å². The maximum absolute atomic E-state index is 12.3. The molecule has 1 atom stereocenters. The highest BCUT2D eigenvalue weighted by Gasteiger charge is 2.18. The largest absolute Gasteiger partial charge is 0.362 e. The van der Waals surface area contributed by atoms with Crippen molar-refractivity contribution in [2.75, 3.05) is 19.4 Å². The van der Waals surface area contributed by atoms with Crippen LogP contribution in [0.25, 0.3) is 5.52 Å². The Hall–Kier alpha value is -2.45. The Morgan fingerprint density at radius 2 is 2.08 bits per heavy atom. The molecule has 0 saturated heterocycles. The summed E-state index contributed by atoms with van der Waals surface area (Å²) in [4.78, 5) is 8.72. The Morgan fingerprint density at radius 1 is 1.29 bits per heavy atom. The maximum Gasteiger partial charge on any atom is 0.242 e. The van der Waals surface area contributed by atoms with Crippen LogP contribution in [0, 0.1) is 0 Å². The van der Waals surface area contributed by atoms with Crippen LogP contribution in [-0.2, 0) is 10.0 Å². The van der Waals surface area contributed by atoms with E-state index >= 15 is 0 Å². The van der Waals surface area contributed by atoms with Gasteiger partial charge < -0.3 is 9.72 Å². The topological polar surface area (TPSA) is 79.6 Å². The second-order valence-electron chi connectivity index (χ2n) is 5.69. The highest BCUT2D eigenvalue weighted by Crippen LogP contribution is 2.23. The molecule has 3 rings (SSSR count). The first-order valence-corrected chi connectivity index (χ1v) is 8.89. The molecule has 0 fully saturated rings. The summed E-state index contributed by atoms with van der Waals surface area (Å²) in [6.45, 7) is 1.96. The number of benzene rings is 1. The first kappa shape index (κ1) is 16.4. The van der Waals surface area contributed by atoms with E-state index in [0.29, 0.717) is 5.82 Å². The molecule has 24 heavy (non-hydrogen) atoms. The number of anilines is 1. The molecule has 3 aromatic rings. The zero-order valence-electron chi connectivity index (χ0n) is 13.7. The maximum atomic E-state index is 12.3. The van der Waals surface area contributed by atoms with Crippen molar-refractivity contribution in [2.24, 2.45) is 0 Å². The number of fused-ring (bicyclic) bond motifs is 1. The van der Waals surface area contributed by atoms with E-state index < -0.39 is 10.0 Å². The molecule has 1 aromatic carbocycles. The molecule has 8 heteroatoms. The average Bonchev–Trinajstić information content (AvgIpc) is 3.04. The van der Waals surface area contributed by atoms with Gasteiger partial charge in [-0.15, -0.1) is 0 Å². The molecular weight excluding hydrogens is 326 g/mol. The summed E-state index contributed by atoms with van der Waals surface area (Å²) in [6.07, 6.45) is 6.95. The molecule has 0 saturated carbocycles. The summed E-state index contributed by atoms with van der Waals surface area (Å²) in [6, 6.07) is 6.81. The molecule has 0 aliphatic rings. The van der Waals surface area contributed by atoms with Gasteiger partial charge in [0.1, 0.15) is 5.52 Å². The molecule has 2 heterocycles. The van der Waals surface area contributed by atoms with Gasteiger partial charge in [-0.25, -0.2) is 22.7 Å². The second-order valence-corrected chi connectivity index (χ2v) is 7.84. The summed E-state index contributed by atoms with van der Waals surface area (Å²) < 4.78 is 27.7. The lowest BCUT2D eigenvalue weighted by Crippen LogP contribution is -2.22. The molecule has 1 unspecified atom stereocenters. The third-order valence-corrected chi connectivity index (χ3v) is 5.64. The summed E-state index contributed by atoms with van der Waals surface area (Å²) in [5, 5.41) is 3.31. The van der Waals surface area contributed by atoms with E-state index in [1.807, 2.05) is 23.6 Å². The van der Waals surface area contributed by atoms with Crippen molar-refractivity contribution in [3.05, 3.63) is 54.7 Å². The molecule has 126 valence electrons. The van der Waals surface area contributed by atoms with Gasteiger partial charge in [-0.2, -0.15) is 0 Å². The number of rotatable bonds is 5. The van der Waals surface area contributed by atoms with Crippen LogP contribution in [0.1, 0.15) is 18.5 Å². The van der Waals surface area contributed by atoms with Gasteiger partial charge in [0.2, 0.25) is 10.0 Å². The summed E-state index contributed by atoms with van der Waals surface area (Å²) >= 11 is 0. The lowest BCUT2D eigenvalue weighted by atomic mass is 10.1. The van der Waals surface area contributed by atoms with E-state index in [0.717, 1.165) is 11.1 Å². The SMILES string of the molecule is CC(Nc1nccn2cncc12)c1cccc(S(=O)(=O)N(C)C)c1. The fourth-order valence-corrected chi connectivity index (χ4v) is 3.36. The van der Waals surface area contributed by atoms with E-state index in [9.17, 15) is 8.42 Å². The number of hydrogen-bond acceptors (Lipinski definition) is 5. The van der Waals surface area contributed by atoms with Crippen molar-refractivity contribution < 1.29 is 8.42 Å². The Balaban J connectivity index is 1.91. The number of imidazole rings is 1. The Kier molecular flexibility index (Phi) is 4.25. The average molecular weight is 345 g/mol. The van der Waals surface area contributed by atoms with Crippen LogP contribution in [0.2, 0.25) is 0 Å². The molecule has 7 nitrogen and oxygen atoms in total. The number of aromatic nitrogens is 3. The number of nitrogens with zero attached hydrogens (tertiary/aromatic N) is 4. The highest BCUT2D eigenvalue weighted by molar-refractivity contribution is 7.89. The minimum absolute atomic E-state index is 0.115. The molecular formula is C16H19N5O2S. The zero-order chi connectivity index (χ0) is 17.3. The quantitative estimate of drug-likeness (QED) is 0.766. The van der Waals surface area contributed by atoms with Crippen molar-refractivity contribution in [1.29, 1.82) is 0 Å². The van der Waals surface area contributed by atoms with Crippen molar-refractivity contribution in [1.82, 2.24) is 18.7 Å². The van der Waals surface area contributed by atoms with Crippen LogP contribution in [0.3, 0.4) is 0 Å². The number of hydrogen-bond donors (Lipinski definition) is 1. The van der Waals surface area contributed by atoms with Crippen LogP contribution in [-0.4, -0.2) is 41.2 Å². The molecule has 0 aliphatic heterocycles. The molecule has 0 radical (unpaired) electrons. The Morgan fingerprint density at radius 3 is 2.83 bits per heavy atom. The van der Waals surface area contributed by atoms with Crippen molar-refractivity contribution in [3.8, 4) is 0 Å². The van der Waals surface area contributed by atoms with Crippen LogP contribution in [0.15, 0.2) is 54.1 Å². The van der Waals surface area contributed by atoms with Gasteiger partial charge in [-0.3, -0.25) is 0 Å². The van der Waals surface area contributed by atoms with Gasteiger partial charge in [0.15, 0.2) is 5.82 Å². The van der Waals surface area contributed by atoms with Gasteiger partial charge in [0.05, 0.1) is 23.5 Å². The Bertz CT molecular complexity index is 965. The molecule has 0 spiro atoms. The first-order valence-electron chi connectivity index (χ1n) is 7.45. The normalized spacial score (nSPS) is 13.3. The smallest absolute Gasteiger partial charge is 0.242 e. The second kappa shape index (κ2) is 6.21. The van der Waals surface area contributed by atoms with Gasteiger partial charge in [-0.05, 0) is 24.6 Å². The molecule has 0 amide bonds. The lowest BCUT2D eigenvalue weighted by Gasteiger charge is -2.17. The minimum Gasteiger partial charge on any atom is -0.362 e. The van der Waals surface area contributed by atoms with E-state index in [1.165, 1.54) is 18.4 Å². The standard InChI is InChI=1S/C16H19N5O2S/c1-12(19-16-15-10-17-11-21(15)8-7-18-16)13-5-4-6-14(9-13)24(22,23)20(2)3/h4-12H,1-3H3,(H,18,19). The van der Waals surface area contributed by atoms with Gasteiger partial charge in [0, 0.05) is 26.5 Å². The molecule has 1 N–H and O–H groups in total. The van der Waals surface area contributed by atoms with Crippen LogP contribution in [0.4, 0.5) is 5.82 Å². The lowest BCUT2D eigenvalue weighted by molar-refractivity contribution is 0.520. The van der Waals surface area contributed by atoms with E-state index in [1.54, 1.807) is 36.9 Å². The van der Waals surface area contributed by atoms with E-state index in [4.69, 9.17) is 0 Å². The predicted molar refractivity (Wildman–Crippen MR) is 92.3 cm³/mol. The van der Waals surface area contributed by atoms with Crippen molar-refractivity contribution in [3.63, 3.8) is 0 Å². The molecule has 2 aromatic heterocycles. The monoisotopic (exact) mass is 345 g/mol. The third-order valence-electron chi connectivity index (χ3n) is 3.83. The van der Waals surface area contributed by atoms with Gasteiger partial charge in [0.25, 0.3) is 0 Å². The van der Waals surface area contributed by atoms with Crippen molar-refractivity contribution >= 4 is 21.4 Å². The summed E-state index contributed by atoms with van der Waals surface area (Å²) in [5.74, 6) is 0.698. The fourth-order valence-electron chi connectivity index (χ4n) is 2.41. The third kappa shape index (κ3) is 2.98. The zero-order valence-corrected chi connectivity index (χ0v) is 14.5. The number of nitrogens with one attached hydrogen (secondary N) is 1. The van der Waals surface area contributed by atoms with E-state index in [2.05, 4.69) is 15.3 Å². The van der Waals surface area contributed by atoms with Gasteiger partial charge in [-0.1, -0.05) is 12.1 Å². The van der Waals surface area contributed by atoms with Gasteiger partial charge >= 0.3 is 0 Å². The first-order chi connectivity index (χ1) is 11.4. The van der Waals surface area contributed by atoms with Crippen molar-refractivity contribution in [2.45, 2.75) is 17.9 Å². The van der Waals surface area contributed by atoms with E-state index in [-0.39, 0.29) is 10.9 Å². The highest BCUT2D eigenvalue weighted by atomic mass is 32.2. The number of sulfonamides is 1. The fraction of sp³-hybridized carbons (Fsp3) is 0.250.